The summed E-state index contributed by atoms with van der Waals surface area (Å²) in [5.74, 6) is -0.163. The highest BCUT2D eigenvalue weighted by molar-refractivity contribution is 7.98. The summed E-state index contributed by atoms with van der Waals surface area (Å²) in [6, 6.07) is 22.8. The van der Waals surface area contributed by atoms with Gasteiger partial charge in [0.2, 0.25) is 0 Å². The number of fused-ring (bicyclic) bond motifs is 1. The summed E-state index contributed by atoms with van der Waals surface area (Å²) < 4.78 is 1.05. The second-order valence-corrected chi connectivity index (χ2v) is 8.73. The molecular weight excluding hydrogens is 412 g/mol. The number of carbonyl (C=O) groups is 2. The van der Waals surface area contributed by atoms with E-state index < -0.39 is 0 Å². The molecule has 3 aromatic carbocycles. The first-order valence-electron chi connectivity index (χ1n) is 9.46. The first-order chi connectivity index (χ1) is 14.5. The summed E-state index contributed by atoms with van der Waals surface area (Å²) in [5, 5.41) is 0.660. The van der Waals surface area contributed by atoms with Crippen LogP contribution in [0.1, 0.15) is 33.2 Å². The van der Waals surface area contributed by atoms with E-state index in [4.69, 9.17) is 4.98 Å². The normalized spacial score (nSPS) is 10.9. The Balaban J connectivity index is 1.74. The third kappa shape index (κ3) is 4.30. The van der Waals surface area contributed by atoms with Gasteiger partial charge in [0, 0.05) is 16.0 Å². The highest BCUT2D eigenvalue weighted by atomic mass is 32.2. The SMILES string of the molecule is CSc1ccc2nc(N(Cc3ccccc3)C(=O)c3ccc(C(C)=O)cc3)sc2c1. The van der Waals surface area contributed by atoms with Gasteiger partial charge in [0.15, 0.2) is 10.9 Å². The topological polar surface area (TPSA) is 50.3 Å². The fraction of sp³-hybridized carbons (Fsp3) is 0.125. The van der Waals surface area contributed by atoms with Crippen LogP contribution in [0.4, 0.5) is 5.13 Å². The molecule has 0 aliphatic rings. The van der Waals surface area contributed by atoms with Gasteiger partial charge < -0.3 is 0 Å². The molecule has 0 saturated heterocycles. The molecule has 150 valence electrons. The molecule has 0 unspecified atom stereocenters. The number of rotatable bonds is 6. The summed E-state index contributed by atoms with van der Waals surface area (Å²) in [6.07, 6.45) is 2.04. The van der Waals surface area contributed by atoms with Crippen molar-refractivity contribution < 1.29 is 9.59 Å². The maximum atomic E-state index is 13.4. The number of nitrogens with zero attached hydrogens (tertiary/aromatic N) is 2. The Hall–Kier alpha value is -2.96. The minimum Gasteiger partial charge on any atom is -0.295 e. The van der Waals surface area contributed by atoms with Gasteiger partial charge in [-0.1, -0.05) is 53.8 Å². The van der Waals surface area contributed by atoms with Crippen molar-refractivity contribution in [2.45, 2.75) is 18.4 Å². The Morgan fingerprint density at radius 2 is 1.67 bits per heavy atom. The van der Waals surface area contributed by atoms with Gasteiger partial charge in [0.25, 0.3) is 5.91 Å². The zero-order valence-electron chi connectivity index (χ0n) is 16.7. The van der Waals surface area contributed by atoms with E-state index in [1.807, 2.05) is 48.7 Å². The largest absolute Gasteiger partial charge is 0.295 e. The van der Waals surface area contributed by atoms with Crippen molar-refractivity contribution in [3.05, 3.63) is 89.5 Å². The van der Waals surface area contributed by atoms with Crippen LogP contribution >= 0.6 is 23.1 Å². The first-order valence-corrected chi connectivity index (χ1v) is 11.5. The Labute approximate surface area is 183 Å². The van der Waals surface area contributed by atoms with E-state index in [1.165, 1.54) is 23.2 Å². The third-order valence-electron chi connectivity index (χ3n) is 4.78. The van der Waals surface area contributed by atoms with E-state index in [1.54, 1.807) is 40.9 Å². The lowest BCUT2D eigenvalue weighted by Crippen LogP contribution is -2.30. The van der Waals surface area contributed by atoms with Crippen LogP contribution in [-0.2, 0) is 6.54 Å². The van der Waals surface area contributed by atoms with Crippen molar-refractivity contribution >= 4 is 50.1 Å². The van der Waals surface area contributed by atoms with E-state index in [9.17, 15) is 9.59 Å². The fourth-order valence-electron chi connectivity index (χ4n) is 3.13. The summed E-state index contributed by atoms with van der Waals surface area (Å²) >= 11 is 3.19. The first kappa shape index (κ1) is 20.3. The zero-order valence-corrected chi connectivity index (χ0v) is 18.3. The number of thiazole rings is 1. The quantitative estimate of drug-likeness (QED) is 0.274. The molecule has 4 rings (SSSR count). The average molecular weight is 433 g/mol. The summed E-state index contributed by atoms with van der Waals surface area (Å²) in [6.45, 7) is 1.94. The van der Waals surface area contributed by atoms with Gasteiger partial charge in [0.05, 0.1) is 16.8 Å². The molecule has 0 saturated carbocycles. The van der Waals surface area contributed by atoms with Crippen molar-refractivity contribution in [2.75, 3.05) is 11.2 Å². The summed E-state index contributed by atoms with van der Waals surface area (Å²) in [7, 11) is 0. The van der Waals surface area contributed by atoms with E-state index in [0.29, 0.717) is 22.8 Å². The second kappa shape index (κ2) is 8.81. The number of Topliss-reactive ketones (excluding diaryl/α,β-unsaturated/α-hetero) is 1. The average Bonchev–Trinajstić information content (AvgIpc) is 3.20. The molecule has 0 aliphatic heterocycles. The molecule has 30 heavy (non-hydrogen) atoms. The molecule has 0 atom stereocenters. The van der Waals surface area contributed by atoms with Crippen LogP contribution in [-0.4, -0.2) is 22.9 Å². The number of aromatic nitrogens is 1. The molecule has 0 N–H and O–H groups in total. The van der Waals surface area contributed by atoms with Crippen LogP contribution in [0, 0.1) is 0 Å². The van der Waals surface area contributed by atoms with Gasteiger partial charge >= 0.3 is 0 Å². The van der Waals surface area contributed by atoms with E-state index in [0.717, 1.165) is 15.8 Å². The van der Waals surface area contributed by atoms with Crippen molar-refractivity contribution in [2.24, 2.45) is 0 Å². The van der Waals surface area contributed by atoms with Crippen LogP contribution in [0.15, 0.2) is 77.7 Å². The Bertz CT molecular complexity index is 1200. The standard InChI is InChI=1S/C24H20N2O2S2/c1-16(27)18-8-10-19(11-9-18)23(28)26(15-17-6-4-3-5-7-17)24-25-21-13-12-20(29-2)14-22(21)30-24/h3-14H,15H2,1-2H3. The predicted molar refractivity (Wildman–Crippen MR) is 125 cm³/mol. The highest BCUT2D eigenvalue weighted by Gasteiger charge is 2.22. The number of carbonyl (C=O) groups excluding carboxylic acids is 2. The van der Waals surface area contributed by atoms with E-state index in [2.05, 4.69) is 6.07 Å². The van der Waals surface area contributed by atoms with Gasteiger partial charge in [-0.15, -0.1) is 11.8 Å². The van der Waals surface area contributed by atoms with Crippen LogP contribution in [0.25, 0.3) is 10.2 Å². The van der Waals surface area contributed by atoms with Crippen LogP contribution in [0.2, 0.25) is 0 Å². The lowest BCUT2D eigenvalue weighted by atomic mass is 10.1. The molecule has 4 aromatic rings. The Morgan fingerprint density at radius 1 is 0.967 bits per heavy atom. The van der Waals surface area contributed by atoms with Gasteiger partial charge in [-0.3, -0.25) is 14.5 Å². The predicted octanol–water partition coefficient (Wildman–Crippen LogP) is 6.07. The number of thioether (sulfide) groups is 1. The van der Waals surface area contributed by atoms with Crippen LogP contribution in [0.5, 0.6) is 0 Å². The third-order valence-corrected chi connectivity index (χ3v) is 6.55. The van der Waals surface area contributed by atoms with Gasteiger partial charge in [0.1, 0.15) is 0 Å². The Kier molecular flexibility index (Phi) is 5.97. The summed E-state index contributed by atoms with van der Waals surface area (Å²) in [5.41, 5.74) is 3.02. The molecular formula is C24H20N2O2S2. The molecule has 0 fully saturated rings. The van der Waals surface area contributed by atoms with Gasteiger partial charge in [-0.25, -0.2) is 4.98 Å². The molecule has 0 aliphatic carbocycles. The summed E-state index contributed by atoms with van der Waals surface area (Å²) in [4.78, 5) is 32.6. The maximum Gasteiger partial charge on any atom is 0.260 e. The molecule has 0 spiro atoms. The second-order valence-electron chi connectivity index (χ2n) is 6.84. The monoisotopic (exact) mass is 432 g/mol. The van der Waals surface area contributed by atoms with Crippen molar-refractivity contribution in [3.8, 4) is 0 Å². The highest BCUT2D eigenvalue weighted by Crippen LogP contribution is 2.33. The van der Waals surface area contributed by atoms with Crippen molar-refractivity contribution in [3.63, 3.8) is 0 Å². The number of benzene rings is 3. The fourth-order valence-corrected chi connectivity index (χ4v) is 4.65. The molecule has 0 radical (unpaired) electrons. The lowest BCUT2D eigenvalue weighted by Gasteiger charge is -2.20. The molecule has 1 amide bonds. The number of anilines is 1. The van der Waals surface area contributed by atoms with E-state index in [-0.39, 0.29) is 11.7 Å². The molecule has 6 heteroatoms. The van der Waals surface area contributed by atoms with Crippen molar-refractivity contribution in [1.29, 1.82) is 0 Å². The molecule has 0 bridgehead atoms. The minimum atomic E-state index is -0.141. The van der Waals surface area contributed by atoms with Gasteiger partial charge in [-0.2, -0.15) is 0 Å². The lowest BCUT2D eigenvalue weighted by molar-refractivity contribution is 0.0981. The smallest absolute Gasteiger partial charge is 0.260 e. The number of ketones is 1. The number of hydrogen-bond acceptors (Lipinski definition) is 5. The minimum absolute atomic E-state index is 0.0223. The number of hydrogen-bond donors (Lipinski definition) is 0. The number of amides is 1. The molecule has 1 aromatic heterocycles. The van der Waals surface area contributed by atoms with Crippen molar-refractivity contribution in [1.82, 2.24) is 4.98 Å². The molecule has 4 nitrogen and oxygen atoms in total. The molecule has 1 heterocycles. The van der Waals surface area contributed by atoms with Gasteiger partial charge in [-0.05, 0) is 49.1 Å². The Morgan fingerprint density at radius 3 is 2.33 bits per heavy atom. The van der Waals surface area contributed by atoms with Crippen LogP contribution in [0.3, 0.4) is 0 Å². The van der Waals surface area contributed by atoms with Crippen LogP contribution < -0.4 is 4.90 Å². The van der Waals surface area contributed by atoms with E-state index >= 15 is 0 Å². The zero-order chi connectivity index (χ0) is 21.1. The maximum absolute atomic E-state index is 13.4.